The zero-order valence-electron chi connectivity index (χ0n) is 18.5. The zero-order valence-corrected chi connectivity index (χ0v) is 20.5. The monoisotopic (exact) mass is 382 g/mol. The van der Waals surface area contributed by atoms with Crippen LogP contribution in [0.4, 0.5) is 0 Å². The first-order valence-electron chi connectivity index (χ1n) is 9.80. The topological polar surface area (TPSA) is 18.5 Å². The highest BCUT2D eigenvalue weighted by Gasteiger charge is 2.45. The normalized spacial score (nSPS) is 23.8. The summed E-state index contributed by atoms with van der Waals surface area (Å²) in [5.74, 6) is 0. The van der Waals surface area contributed by atoms with Crippen molar-refractivity contribution in [2.45, 2.75) is 109 Å². The van der Waals surface area contributed by atoms with Gasteiger partial charge in [-0.15, -0.1) is 0 Å². The maximum Gasteiger partial charge on any atom is 0.193 e. The van der Waals surface area contributed by atoms with Crippen LogP contribution in [0.15, 0.2) is 24.3 Å². The van der Waals surface area contributed by atoms with E-state index in [4.69, 9.17) is 8.85 Å². The largest absolute Gasteiger partial charge is 0.411 e. The molecule has 25 heavy (non-hydrogen) atoms. The first kappa shape index (κ1) is 22.9. The number of hydrogen-bond acceptors (Lipinski definition) is 2. The summed E-state index contributed by atoms with van der Waals surface area (Å²) in [6.45, 7) is 27.3. The fraction of sp³-hybridized carbons (Fsp3) is 0.810. The lowest BCUT2D eigenvalue weighted by atomic mass is 10.0. The highest BCUT2D eigenvalue weighted by Crippen LogP contribution is 2.42. The van der Waals surface area contributed by atoms with E-state index in [-0.39, 0.29) is 22.3 Å². The number of hydrogen-bond donors (Lipinski definition) is 0. The fourth-order valence-electron chi connectivity index (χ4n) is 2.58. The Morgan fingerprint density at radius 1 is 0.960 bits per heavy atom. The highest BCUT2D eigenvalue weighted by atomic mass is 28.4. The van der Waals surface area contributed by atoms with Crippen molar-refractivity contribution in [1.82, 2.24) is 0 Å². The van der Waals surface area contributed by atoms with Crippen LogP contribution in [0.2, 0.25) is 36.3 Å². The third-order valence-corrected chi connectivity index (χ3v) is 15.4. The molecule has 0 saturated carbocycles. The summed E-state index contributed by atoms with van der Waals surface area (Å²) >= 11 is 0. The fourth-order valence-corrected chi connectivity index (χ4v) is 5.21. The van der Waals surface area contributed by atoms with E-state index in [2.05, 4.69) is 80.4 Å². The zero-order chi connectivity index (χ0) is 19.7. The van der Waals surface area contributed by atoms with Gasteiger partial charge in [-0.25, -0.2) is 0 Å². The van der Waals surface area contributed by atoms with Crippen LogP contribution in [0.25, 0.3) is 0 Å². The molecule has 0 unspecified atom stereocenters. The van der Waals surface area contributed by atoms with Crippen LogP contribution in [-0.4, -0.2) is 28.8 Å². The Hall–Kier alpha value is -0.166. The van der Waals surface area contributed by atoms with Gasteiger partial charge in [-0.1, -0.05) is 60.3 Å². The third kappa shape index (κ3) is 5.65. The van der Waals surface area contributed by atoms with Gasteiger partial charge in [0.1, 0.15) is 0 Å². The molecule has 4 heteroatoms. The molecule has 0 heterocycles. The second-order valence-corrected chi connectivity index (χ2v) is 20.1. The maximum absolute atomic E-state index is 6.89. The molecular weight excluding hydrogens is 340 g/mol. The predicted molar refractivity (Wildman–Crippen MR) is 116 cm³/mol. The lowest BCUT2D eigenvalue weighted by Gasteiger charge is -2.45. The average Bonchev–Trinajstić information content (AvgIpc) is 2.58. The Morgan fingerprint density at radius 3 is 1.88 bits per heavy atom. The van der Waals surface area contributed by atoms with Crippen molar-refractivity contribution in [2.75, 3.05) is 0 Å². The molecule has 0 bridgehead atoms. The van der Waals surface area contributed by atoms with Crippen LogP contribution in [0, 0.1) is 0 Å². The van der Waals surface area contributed by atoms with Crippen LogP contribution < -0.4 is 0 Å². The molecule has 0 aromatic carbocycles. The number of allylic oxidation sites excluding steroid dienone is 1. The highest BCUT2D eigenvalue weighted by molar-refractivity contribution is 6.74. The second-order valence-electron chi connectivity index (χ2n) is 10.6. The lowest BCUT2D eigenvalue weighted by Crippen LogP contribution is -2.52. The first-order valence-corrected chi connectivity index (χ1v) is 15.6. The molecule has 0 spiro atoms. The maximum atomic E-state index is 6.89. The van der Waals surface area contributed by atoms with Crippen LogP contribution in [0.3, 0.4) is 0 Å². The van der Waals surface area contributed by atoms with E-state index >= 15 is 0 Å². The smallest absolute Gasteiger partial charge is 0.193 e. The average molecular weight is 383 g/mol. The summed E-state index contributed by atoms with van der Waals surface area (Å²) in [7, 11) is -3.74. The van der Waals surface area contributed by atoms with E-state index in [1.807, 2.05) is 6.08 Å². The summed E-state index contributed by atoms with van der Waals surface area (Å²) in [5.41, 5.74) is 1.23. The van der Waals surface area contributed by atoms with Crippen molar-refractivity contribution in [2.24, 2.45) is 0 Å². The predicted octanol–water partition coefficient (Wildman–Crippen LogP) is 7.06. The summed E-state index contributed by atoms with van der Waals surface area (Å²) < 4.78 is 13.8. The Morgan fingerprint density at radius 2 is 1.44 bits per heavy atom. The Kier molecular flexibility index (Phi) is 7.17. The molecule has 0 saturated heterocycles. The summed E-state index contributed by atoms with van der Waals surface area (Å²) in [5, 5.41) is 0.395. The molecule has 0 aliphatic heterocycles. The van der Waals surface area contributed by atoms with Crippen molar-refractivity contribution >= 4 is 16.6 Å². The van der Waals surface area contributed by atoms with Gasteiger partial charge in [-0.05, 0) is 61.1 Å². The van der Waals surface area contributed by atoms with E-state index in [1.54, 1.807) is 0 Å². The SMILES string of the molecule is C=CC1=CCCC[C@H](O[Si](C)(C)C(C)(C)C)[C@@H]1O[Si](C)(C)C(C)(C)C. The van der Waals surface area contributed by atoms with Gasteiger partial charge in [-0.3, -0.25) is 0 Å². The van der Waals surface area contributed by atoms with Gasteiger partial charge < -0.3 is 8.85 Å². The van der Waals surface area contributed by atoms with Crippen molar-refractivity contribution in [1.29, 1.82) is 0 Å². The quantitative estimate of drug-likeness (QED) is 0.474. The van der Waals surface area contributed by atoms with Crippen molar-refractivity contribution < 1.29 is 8.85 Å². The van der Waals surface area contributed by atoms with Crippen LogP contribution in [0.1, 0.15) is 60.8 Å². The molecular formula is C21H42O2Si2. The molecule has 0 aromatic heterocycles. The summed E-state index contributed by atoms with van der Waals surface area (Å²) in [6.07, 6.45) is 7.80. The van der Waals surface area contributed by atoms with E-state index in [9.17, 15) is 0 Å². The van der Waals surface area contributed by atoms with Crippen LogP contribution in [-0.2, 0) is 8.85 Å². The minimum atomic E-state index is -1.89. The van der Waals surface area contributed by atoms with Crippen LogP contribution in [0.5, 0.6) is 0 Å². The van der Waals surface area contributed by atoms with Crippen LogP contribution >= 0.6 is 0 Å². The Labute approximate surface area is 159 Å². The van der Waals surface area contributed by atoms with E-state index in [1.165, 1.54) is 5.57 Å². The van der Waals surface area contributed by atoms with E-state index < -0.39 is 16.6 Å². The van der Waals surface area contributed by atoms with Gasteiger partial charge in [0.2, 0.25) is 0 Å². The van der Waals surface area contributed by atoms with Gasteiger partial charge in [0, 0.05) is 0 Å². The van der Waals surface area contributed by atoms with Crippen molar-refractivity contribution in [3.63, 3.8) is 0 Å². The molecule has 146 valence electrons. The Bertz CT molecular complexity index is 493. The van der Waals surface area contributed by atoms with Gasteiger partial charge in [0.05, 0.1) is 12.2 Å². The Balaban J connectivity index is 3.20. The molecule has 2 nitrogen and oxygen atoms in total. The molecule has 0 radical (unpaired) electrons. The molecule has 0 amide bonds. The molecule has 0 aromatic rings. The van der Waals surface area contributed by atoms with Gasteiger partial charge >= 0.3 is 0 Å². The molecule has 1 aliphatic carbocycles. The molecule has 1 rings (SSSR count). The second kappa shape index (κ2) is 7.83. The van der Waals surface area contributed by atoms with E-state index in [0.717, 1.165) is 19.3 Å². The third-order valence-electron chi connectivity index (χ3n) is 6.45. The summed E-state index contributed by atoms with van der Waals surface area (Å²) in [6, 6.07) is 0. The standard InChI is InChI=1S/C21H42O2Si2/c1-12-17-15-13-14-16-18(22-24(8,9)20(2,3)4)19(17)23-25(10,11)21(5,6)7/h12,15,18-19H,1,13-14,16H2,2-11H3/t18-,19+/m0/s1. The number of rotatable bonds is 5. The molecule has 0 N–H and O–H groups in total. The molecule has 1 aliphatic rings. The van der Waals surface area contributed by atoms with Gasteiger partial charge in [0.15, 0.2) is 16.6 Å². The molecule has 0 fully saturated rings. The summed E-state index contributed by atoms with van der Waals surface area (Å²) in [4.78, 5) is 0. The molecule has 2 atom stereocenters. The van der Waals surface area contributed by atoms with Gasteiger partial charge in [-0.2, -0.15) is 0 Å². The van der Waals surface area contributed by atoms with Crippen molar-refractivity contribution in [3.05, 3.63) is 24.3 Å². The first-order chi connectivity index (χ1) is 11.1. The minimum absolute atomic E-state index is 0.0232. The lowest BCUT2D eigenvalue weighted by molar-refractivity contribution is 0.0544. The van der Waals surface area contributed by atoms with Crippen molar-refractivity contribution in [3.8, 4) is 0 Å². The van der Waals surface area contributed by atoms with E-state index in [0.29, 0.717) is 0 Å². The minimum Gasteiger partial charge on any atom is -0.411 e. The van der Waals surface area contributed by atoms with Gasteiger partial charge in [0.25, 0.3) is 0 Å².